The monoisotopic (exact) mass is 281 g/mol. The summed E-state index contributed by atoms with van der Waals surface area (Å²) in [5, 5.41) is 3.92. The number of nitrogens with one attached hydrogen (secondary N) is 2. The lowest BCUT2D eigenvalue weighted by molar-refractivity contribution is -0.137. The lowest BCUT2D eigenvalue weighted by Crippen LogP contribution is -2.35. The molecule has 1 aromatic heterocycles. The van der Waals surface area contributed by atoms with E-state index in [0.29, 0.717) is 6.20 Å². The van der Waals surface area contributed by atoms with Crippen molar-refractivity contribution in [1.82, 2.24) is 10.3 Å². The van der Waals surface area contributed by atoms with Crippen molar-refractivity contribution < 1.29 is 22.8 Å². The number of pyridine rings is 1. The molecule has 2 N–H and O–H groups in total. The lowest BCUT2D eigenvalue weighted by Gasteiger charge is -2.07. The first-order valence-corrected chi connectivity index (χ1v) is 5.06. The summed E-state index contributed by atoms with van der Waals surface area (Å²) in [6.07, 6.45) is -3.93. The number of urea groups is 1. The predicted molar refractivity (Wildman–Crippen MR) is 57.1 cm³/mol. The van der Waals surface area contributed by atoms with E-state index in [0.717, 1.165) is 12.1 Å². The number of alkyl halides is 4. The van der Waals surface area contributed by atoms with Crippen LogP contribution < -0.4 is 10.6 Å². The molecule has 1 aromatic rings. The van der Waals surface area contributed by atoms with Crippen LogP contribution in [0.3, 0.4) is 0 Å². The number of hydrogen-bond donors (Lipinski definition) is 2. The zero-order valence-corrected chi connectivity index (χ0v) is 9.47. The van der Waals surface area contributed by atoms with Crippen molar-refractivity contribution in [1.29, 1.82) is 0 Å². The normalized spacial score (nSPS) is 10.9. The Bertz CT molecular complexity index is 447. The summed E-state index contributed by atoms with van der Waals surface area (Å²) >= 11 is 5.14. The maximum atomic E-state index is 12.2. The third-order valence-corrected chi connectivity index (χ3v) is 1.95. The molecular weight excluding hydrogens is 275 g/mol. The van der Waals surface area contributed by atoms with Gasteiger partial charge >= 0.3 is 12.2 Å². The molecule has 0 aromatic carbocycles. The first kappa shape index (κ1) is 14.2. The SMILES string of the molecule is O=C(CCl)NC(=O)Nc1ccc(C(F)(F)F)cn1. The van der Waals surface area contributed by atoms with Crippen molar-refractivity contribution in [3.05, 3.63) is 23.9 Å². The van der Waals surface area contributed by atoms with Gasteiger partial charge < -0.3 is 0 Å². The molecule has 0 radical (unpaired) electrons. The maximum Gasteiger partial charge on any atom is 0.417 e. The number of amides is 3. The van der Waals surface area contributed by atoms with Gasteiger partial charge in [-0.25, -0.2) is 9.78 Å². The summed E-state index contributed by atoms with van der Waals surface area (Å²) in [6, 6.07) is 0.799. The number of aromatic nitrogens is 1. The van der Waals surface area contributed by atoms with Crippen molar-refractivity contribution >= 4 is 29.4 Å². The van der Waals surface area contributed by atoms with Gasteiger partial charge in [0.1, 0.15) is 11.7 Å². The van der Waals surface area contributed by atoms with E-state index in [1.165, 1.54) is 0 Å². The minimum Gasteiger partial charge on any atom is -0.292 e. The van der Waals surface area contributed by atoms with Gasteiger partial charge in [-0.15, -0.1) is 11.6 Å². The van der Waals surface area contributed by atoms with Gasteiger partial charge in [-0.3, -0.25) is 15.4 Å². The van der Waals surface area contributed by atoms with Gasteiger partial charge in [0.05, 0.1) is 5.56 Å². The topological polar surface area (TPSA) is 71.1 Å². The smallest absolute Gasteiger partial charge is 0.292 e. The number of imide groups is 1. The third-order valence-electron chi connectivity index (χ3n) is 1.71. The molecular formula is C9H7ClF3N3O2. The zero-order chi connectivity index (χ0) is 13.8. The second-order valence-electron chi connectivity index (χ2n) is 3.07. The van der Waals surface area contributed by atoms with Crippen LogP contribution >= 0.6 is 11.6 Å². The fourth-order valence-corrected chi connectivity index (χ4v) is 1.01. The van der Waals surface area contributed by atoms with Gasteiger partial charge in [0, 0.05) is 6.20 Å². The molecule has 5 nitrogen and oxygen atoms in total. The molecule has 1 rings (SSSR count). The van der Waals surface area contributed by atoms with Crippen LogP contribution in [0, 0.1) is 0 Å². The quantitative estimate of drug-likeness (QED) is 0.814. The van der Waals surface area contributed by atoms with E-state index in [4.69, 9.17) is 11.6 Å². The van der Waals surface area contributed by atoms with Crippen molar-refractivity contribution in [3.8, 4) is 0 Å². The number of nitrogens with zero attached hydrogens (tertiary/aromatic N) is 1. The van der Waals surface area contributed by atoms with Gasteiger partial charge in [0.15, 0.2) is 0 Å². The molecule has 0 aliphatic rings. The summed E-state index contributed by atoms with van der Waals surface area (Å²) in [4.78, 5) is 25.2. The van der Waals surface area contributed by atoms with Crippen molar-refractivity contribution in [2.75, 3.05) is 11.2 Å². The Labute approximate surface area is 104 Å². The van der Waals surface area contributed by atoms with E-state index in [1.807, 2.05) is 5.32 Å². The van der Waals surface area contributed by atoms with Crippen molar-refractivity contribution in [3.63, 3.8) is 0 Å². The Balaban J connectivity index is 2.64. The number of rotatable bonds is 2. The van der Waals surface area contributed by atoms with Crippen LogP contribution in [0.5, 0.6) is 0 Å². The highest BCUT2D eigenvalue weighted by Gasteiger charge is 2.30. The number of hydrogen-bond acceptors (Lipinski definition) is 3. The van der Waals surface area contributed by atoms with Crippen LogP contribution in [0.2, 0.25) is 0 Å². The maximum absolute atomic E-state index is 12.2. The van der Waals surface area contributed by atoms with Crippen LogP contribution in [0.4, 0.5) is 23.8 Å². The van der Waals surface area contributed by atoms with Gasteiger partial charge in [-0.1, -0.05) is 0 Å². The van der Waals surface area contributed by atoms with Gasteiger partial charge in [0.2, 0.25) is 5.91 Å². The molecule has 0 spiro atoms. The van der Waals surface area contributed by atoms with E-state index >= 15 is 0 Å². The summed E-state index contributed by atoms with van der Waals surface area (Å²) < 4.78 is 36.6. The summed E-state index contributed by atoms with van der Waals surface area (Å²) in [5.74, 6) is -1.27. The zero-order valence-electron chi connectivity index (χ0n) is 8.71. The Kier molecular flexibility index (Phi) is 4.49. The second kappa shape index (κ2) is 5.67. The first-order valence-electron chi connectivity index (χ1n) is 4.53. The molecule has 0 aliphatic carbocycles. The predicted octanol–water partition coefficient (Wildman–Crippen LogP) is 1.99. The summed E-state index contributed by atoms with van der Waals surface area (Å²) in [6.45, 7) is 0. The van der Waals surface area contributed by atoms with Crippen LogP contribution in [-0.2, 0) is 11.0 Å². The summed E-state index contributed by atoms with van der Waals surface area (Å²) in [7, 11) is 0. The first-order chi connectivity index (χ1) is 8.32. The van der Waals surface area contributed by atoms with Crippen LogP contribution in [0.1, 0.15) is 5.56 Å². The van der Waals surface area contributed by atoms with Crippen molar-refractivity contribution in [2.45, 2.75) is 6.18 Å². The molecule has 0 aliphatic heterocycles. The molecule has 0 unspecified atom stereocenters. The van der Waals surface area contributed by atoms with E-state index in [1.54, 1.807) is 0 Å². The minimum absolute atomic E-state index is 0.122. The molecule has 0 saturated carbocycles. The highest BCUT2D eigenvalue weighted by molar-refractivity contribution is 6.28. The standard InChI is InChI=1S/C9H7ClF3N3O2/c10-3-7(17)16-8(18)15-6-2-1-5(4-14-6)9(11,12)13/h1-2,4H,3H2,(H2,14,15,16,17,18). The minimum atomic E-state index is -4.50. The molecule has 3 amide bonds. The van der Waals surface area contributed by atoms with E-state index in [-0.39, 0.29) is 5.82 Å². The van der Waals surface area contributed by atoms with Gasteiger partial charge in [0.25, 0.3) is 0 Å². The fraction of sp³-hybridized carbons (Fsp3) is 0.222. The van der Waals surface area contributed by atoms with Gasteiger partial charge in [-0.2, -0.15) is 13.2 Å². The second-order valence-corrected chi connectivity index (χ2v) is 3.33. The molecule has 0 saturated heterocycles. The highest BCUT2D eigenvalue weighted by Crippen LogP contribution is 2.28. The number of carbonyl (C=O) groups excluding carboxylic acids is 2. The summed E-state index contributed by atoms with van der Waals surface area (Å²) in [5.41, 5.74) is -0.940. The molecule has 18 heavy (non-hydrogen) atoms. The van der Waals surface area contributed by atoms with E-state index < -0.39 is 29.6 Å². The molecule has 0 bridgehead atoms. The Morgan fingerprint density at radius 3 is 2.44 bits per heavy atom. The molecule has 0 fully saturated rings. The molecule has 98 valence electrons. The number of anilines is 1. The number of carbonyl (C=O) groups is 2. The Morgan fingerprint density at radius 1 is 1.33 bits per heavy atom. The molecule has 1 heterocycles. The number of halogens is 4. The Morgan fingerprint density at radius 2 is 2.00 bits per heavy atom. The third kappa shape index (κ3) is 4.21. The van der Waals surface area contributed by atoms with Crippen LogP contribution in [0.25, 0.3) is 0 Å². The molecule has 9 heteroatoms. The van der Waals surface area contributed by atoms with E-state index in [9.17, 15) is 22.8 Å². The van der Waals surface area contributed by atoms with Gasteiger partial charge in [-0.05, 0) is 12.1 Å². The lowest BCUT2D eigenvalue weighted by atomic mass is 10.3. The van der Waals surface area contributed by atoms with Crippen molar-refractivity contribution in [2.24, 2.45) is 0 Å². The van der Waals surface area contributed by atoms with Crippen LogP contribution in [-0.4, -0.2) is 22.8 Å². The largest absolute Gasteiger partial charge is 0.417 e. The fourth-order valence-electron chi connectivity index (χ4n) is 0.943. The Hall–Kier alpha value is -1.83. The van der Waals surface area contributed by atoms with E-state index in [2.05, 4.69) is 10.3 Å². The average Bonchev–Trinajstić information content (AvgIpc) is 2.28. The molecule has 0 atom stereocenters. The van der Waals surface area contributed by atoms with Crippen LogP contribution in [0.15, 0.2) is 18.3 Å². The highest BCUT2D eigenvalue weighted by atomic mass is 35.5. The average molecular weight is 282 g/mol.